The average Bonchev–Trinajstić information content (AvgIpc) is 2.18. The number of carbonyl (C=O) groups excluding carboxylic acids is 1. The molecule has 0 fully saturated rings. The van der Waals surface area contributed by atoms with Gasteiger partial charge in [0.2, 0.25) is 0 Å². The molecule has 0 radical (unpaired) electrons. The monoisotopic (exact) mass is 215 g/mol. The second kappa shape index (κ2) is 5.41. The van der Waals surface area contributed by atoms with Gasteiger partial charge in [-0.15, -0.1) is 0 Å². The first-order chi connectivity index (χ1) is 7.09. The highest BCUT2D eigenvalue weighted by Gasteiger charge is 2.19. The van der Waals surface area contributed by atoms with Crippen molar-refractivity contribution in [2.45, 2.75) is 19.1 Å². The first-order valence-electron chi connectivity index (χ1n) is 4.37. The Bertz CT molecular complexity index is 316. The van der Waals surface area contributed by atoms with Gasteiger partial charge in [-0.3, -0.25) is 4.79 Å². The molecule has 0 unspecified atom stereocenters. The first kappa shape index (κ1) is 11.6. The van der Waals surface area contributed by atoms with Crippen LogP contribution in [-0.4, -0.2) is 18.6 Å². The van der Waals surface area contributed by atoms with Gasteiger partial charge in [0.15, 0.2) is 0 Å². The zero-order valence-electron chi connectivity index (χ0n) is 7.90. The number of nitrogens with two attached hydrogens (primary N) is 1. The molecule has 0 heterocycles. The molecule has 82 valence electrons. The fourth-order valence-corrected chi connectivity index (χ4v) is 1.13. The lowest BCUT2D eigenvalue weighted by Crippen LogP contribution is -2.35. The Labute approximate surface area is 85.8 Å². The molecule has 0 aromatic heterocycles. The molecule has 0 amide bonds. The predicted octanol–water partition coefficient (Wildman–Crippen LogP) is 1.32. The molecular weight excluding hydrogens is 204 g/mol. The number of esters is 1. The first-order valence-corrected chi connectivity index (χ1v) is 4.37. The van der Waals surface area contributed by atoms with Crippen molar-refractivity contribution in [2.24, 2.45) is 5.73 Å². The van der Waals surface area contributed by atoms with Crippen LogP contribution in [0.2, 0.25) is 0 Å². The van der Waals surface area contributed by atoms with Crippen molar-refractivity contribution in [3.05, 3.63) is 35.9 Å². The summed E-state index contributed by atoms with van der Waals surface area (Å²) in [6.07, 6.45) is 0.187. The fourth-order valence-electron chi connectivity index (χ4n) is 1.13. The number of carbonyl (C=O) groups is 1. The van der Waals surface area contributed by atoms with Crippen LogP contribution in [0.15, 0.2) is 30.3 Å². The standard InChI is InChI=1S/C10H11F2NO2/c11-10(12)15-9(14)8(13)6-7-4-2-1-3-5-7/h1-5,8,10H,6,13H2/t8-/m0/s1. The second-order valence-electron chi connectivity index (χ2n) is 2.99. The second-order valence-corrected chi connectivity index (χ2v) is 2.99. The number of rotatable bonds is 4. The van der Waals surface area contributed by atoms with Gasteiger partial charge in [-0.1, -0.05) is 30.3 Å². The number of hydrogen-bond acceptors (Lipinski definition) is 3. The zero-order chi connectivity index (χ0) is 11.3. The minimum absolute atomic E-state index is 0.187. The van der Waals surface area contributed by atoms with E-state index in [4.69, 9.17) is 5.73 Å². The molecule has 5 heteroatoms. The van der Waals surface area contributed by atoms with Crippen LogP contribution in [0.4, 0.5) is 8.78 Å². The van der Waals surface area contributed by atoms with Gasteiger partial charge in [0, 0.05) is 0 Å². The Kier molecular flexibility index (Phi) is 4.17. The Morgan fingerprint density at radius 1 is 1.33 bits per heavy atom. The van der Waals surface area contributed by atoms with E-state index in [1.165, 1.54) is 0 Å². The largest absolute Gasteiger partial charge is 0.402 e. The maximum absolute atomic E-state index is 11.7. The highest BCUT2D eigenvalue weighted by atomic mass is 19.3. The van der Waals surface area contributed by atoms with E-state index in [1.807, 2.05) is 6.07 Å². The van der Waals surface area contributed by atoms with Crippen LogP contribution < -0.4 is 5.73 Å². The molecule has 1 aromatic carbocycles. The molecule has 0 spiro atoms. The third kappa shape index (κ3) is 4.03. The van der Waals surface area contributed by atoms with Gasteiger partial charge in [0.05, 0.1) is 0 Å². The van der Waals surface area contributed by atoms with Gasteiger partial charge in [-0.2, -0.15) is 8.78 Å². The lowest BCUT2D eigenvalue weighted by molar-refractivity contribution is -0.177. The maximum atomic E-state index is 11.7. The lowest BCUT2D eigenvalue weighted by Gasteiger charge is -2.10. The Hall–Kier alpha value is -1.49. The van der Waals surface area contributed by atoms with E-state index in [1.54, 1.807) is 24.3 Å². The van der Waals surface area contributed by atoms with E-state index in [9.17, 15) is 13.6 Å². The summed E-state index contributed by atoms with van der Waals surface area (Å²) in [6.45, 7) is -3.11. The topological polar surface area (TPSA) is 52.3 Å². The average molecular weight is 215 g/mol. The molecule has 3 nitrogen and oxygen atoms in total. The Balaban J connectivity index is 2.49. The summed E-state index contributed by atoms with van der Waals surface area (Å²) in [7, 11) is 0. The molecule has 15 heavy (non-hydrogen) atoms. The quantitative estimate of drug-likeness (QED) is 0.771. The van der Waals surface area contributed by atoms with Crippen LogP contribution in [0.25, 0.3) is 0 Å². The van der Waals surface area contributed by atoms with Gasteiger partial charge in [0.1, 0.15) is 6.04 Å². The van der Waals surface area contributed by atoms with Gasteiger partial charge in [-0.05, 0) is 12.0 Å². The maximum Gasteiger partial charge on any atom is 0.389 e. The van der Waals surface area contributed by atoms with E-state index in [2.05, 4.69) is 4.74 Å². The molecule has 0 saturated heterocycles. The highest BCUT2D eigenvalue weighted by molar-refractivity contribution is 5.75. The normalized spacial score (nSPS) is 12.5. The molecule has 0 aliphatic rings. The summed E-state index contributed by atoms with van der Waals surface area (Å²) in [5.41, 5.74) is 6.19. The van der Waals surface area contributed by atoms with Crippen molar-refractivity contribution in [3.8, 4) is 0 Å². The molecule has 1 aromatic rings. The zero-order valence-corrected chi connectivity index (χ0v) is 7.90. The number of hydrogen-bond donors (Lipinski definition) is 1. The van der Waals surface area contributed by atoms with Crippen LogP contribution in [0.3, 0.4) is 0 Å². The summed E-state index contributed by atoms with van der Waals surface area (Å²) in [6, 6.07) is 7.83. The highest BCUT2D eigenvalue weighted by Crippen LogP contribution is 2.04. The van der Waals surface area contributed by atoms with Crippen molar-refractivity contribution in [2.75, 3.05) is 0 Å². The molecular formula is C10H11F2NO2. The predicted molar refractivity (Wildman–Crippen MR) is 50.2 cm³/mol. The van der Waals surface area contributed by atoms with Crippen LogP contribution in [0.1, 0.15) is 5.56 Å². The summed E-state index contributed by atoms with van der Waals surface area (Å²) in [5, 5.41) is 0. The number of ether oxygens (including phenoxy) is 1. The summed E-state index contributed by atoms with van der Waals surface area (Å²) >= 11 is 0. The lowest BCUT2D eigenvalue weighted by atomic mass is 10.1. The molecule has 1 atom stereocenters. The molecule has 0 bridgehead atoms. The van der Waals surface area contributed by atoms with E-state index < -0.39 is 18.6 Å². The number of alkyl halides is 2. The third-order valence-electron chi connectivity index (χ3n) is 1.81. The van der Waals surface area contributed by atoms with Crippen molar-refractivity contribution in [1.82, 2.24) is 0 Å². The minimum Gasteiger partial charge on any atom is -0.402 e. The Morgan fingerprint density at radius 3 is 2.47 bits per heavy atom. The van der Waals surface area contributed by atoms with Crippen LogP contribution in [-0.2, 0) is 16.0 Å². The number of halogens is 2. The van der Waals surface area contributed by atoms with Crippen molar-refractivity contribution >= 4 is 5.97 Å². The summed E-state index contributed by atoms with van der Waals surface area (Å²) in [5.74, 6) is -1.09. The summed E-state index contributed by atoms with van der Waals surface area (Å²) in [4.78, 5) is 10.9. The Morgan fingerprint density at radius 2 is 1.93 bits per heavy atom. The van der Waals surface area contributed by atoms with Gasteiger partial charge in [-0.25, -0.2) is 0 Å². The van der Waals surface area contributed by atoms with E-state index in [-0.39, 0.29) is 6.42 Å². The SMILES string of the molecule is N[C@@H](Cc1ccccc1)C(=O)OC(F)F. The molecule has 0 aliphatic heterocycles. The van der Waals surface area contributed by atoms with Gasteiger partial charge >= 0.3 is 12.6 Å². The van der Waals surface area contributed by atoms with Gasteiger partial charge < -0.3 is 10.5 Å². The minimum atomic E-state index is -3.11. The van der Waals surface area contributed by atoms with Crippen molar-refractivity contribution in [3.63, 3.8) is 0 Å². The van der Waals surface area contributed by atoms with E-state index in [0.29, 0.717) is 0 Å². The van der Waals surface area contributed by atoms with E-state index in [0.717, 1.165) is 5.56 Å². The third-order valence-corrected chi connectivity index (χ3v) is 1.81. The van der Waals surface area contributed by atoms with Crippen LogP contribution >= 0.6 is 0 Å². The smallest absolute Gasteiger partial charge is 0.389 e. The molecule has 1 rings (SSSR count). The molecule has 0 aliphatic carbocycles. The summed E-state index contributed by atoms with van der Waals surface area (Å²) < 4.78 is 27.1. The molecule has 2 N–H and O–H groups in total. The fraction of sp³-hybridized carbons (Fsp3) is 0.300. The number of benzene rings is 1. The van der Waals surface area contributed by atoms with Crippen LogP contribution in [0.5, 0.6) is 0 Å². The van der Waals surface area contributed by atoms with Gasteiger partial charge in [0.25, 0.3) is 0 Å². The van der Waals surface area contributed by atoms with E-state index >= 15 is 0 Å². The van der Waals surface area contributed by atoms with Crippen molar-refractivity contribution < 1.29 is 18.3 Å². The molecule has 0 saturated carbocycles. The van der Waals surface area contributed by atoms with Crippen LogP contribution in [0, 0.1) is 0 Å². The van der Waals surface area contributed by atoms with Crippen molar-refractivity contribution in [1.29, 1.82) is 0 Å².